The standard InChI is InChI=1S/C24H23N5O2S/c30-21-12-6-14-28(21)15-7-13-25-16-18-22(17-8-2-1-3-9-17)27-29(23(18)31)24-26-19-10-4-5-11-20(19)32-24/h1-5,8-11,16,27H,6-7,12-15H2. The van der Waals surface area contributed by atoms with Crippen molar-refractivity contribution < 1.29 is 4.79 Å². The molecule has 3 heterocycles. The van der Waals surface area contributed by atoms with Gasteiger partial charge >= 0.3 is 0 Å². The Hall–Kier alpha value is -3.52. The normalized spacial score (nSPS) is 14.2. The molecule has 8 heteroatoms. The van der Waals surface area contributed by atoms with Crippen LogP contribution in [0, 0.1) is 0 Å². The van der Waals surface area contributed by atoms with E-state index in [2.05, 4.69) is 15.1 Å². The average Bonchev–Trinajstić information content (AvgIpc) is 3.51. The summed E-state index contributed by atoms with van der Waals surface area (Å²) in [5.74, 6) is 0.227. The molecule has 2 aromatic heterocycles. The molecule has 7 nitrogen and oxygen atoms in total. The first-order valence-electron chi connectivity index (χ1n) is 10.7. The van der Waals surface area contributed by atoms with Crippen LogP contribution in [0.2, 0.25) is 0 Å². The second-order valence-electron chi connectivity index (χ2n) is 7.74. The number of benzene rings is 2. The lowest BCUT2D eigenvalue weighted by Gasteiger charge is -2.13. The van der Waals surface area contributed by atoms with E-state index in [1.165, 1.54) is 16.0 Å². The molecule has 2 aromatic carbocycles. The summed E-state index contributed by atoms with van der Waals surface area (Å²) in [6.07, 6.45) is 4.02. The highest BCUT2D eigenvalue weighted by molar-refractivity contribution is 7.20. The highest BCUT2D eigenvalue weighted by Crippen LogP contribution is 2.25. The summed E-state index contributed by atoms with van der Waals surface area (Å²) in [4.78, 5) is 36.1. The van der Waals surface area contributed by atoms with Gasteiger partial charge in [-0.25, -0.2) is 4.98 Å². The third-order valence-corrected chi connectivity index (χ3v) is 6.59. The SMILES string of the molecule is O=C1CCCN1CCCN=Cc1c(-c2ccccc2)[nH]n(-c2nc3ccccc3s2)c1=O. The van der Waals surface area contributed by atoms with Crippen LogP contribution in [-0.4, -0.2) is 51.4 Å². The lowest BCUT2D eigenvalue weighted by atomic mass is 10.1. The van der Waals surface area contributed by atoms with Crippen molar-refractivity contribution in [2.24, 2.45) is 4.99 Å². The van der Waals surface area contributed by atoms with Crippen LogP contribution >= 0.6 is 11.3 Å². The van der Waals surface area contributed by atoms with E-state index in [0.717, 1.165) is 35.2 Å². The molecule has 4 aromatic rings. The molecule has 0 aliphatic carbocycles. The number of likely N-dealkylation sites (tertiary alicyclic amines) is 1. The Morgan fingerprint density at radius 3 is 2.69 bits per heavy atom. The molecule has 1 N–H and O–H groups in total. The number of thiazole rings is 1. The Kier molecular flexibility index (Phi) is 5.68. The molecule has 0 unspecified atom stereocenters. The number of carbonyl (C=O) groups excluding carboxylic acids is 1. The minimum Gasteiger partial charge on any atom is -0.343 e. The third-order valence-electron chi connectivity index (χ3n) is 5.57. The number of nitrogens with zero attached hydrogens (tertiary/aromatic N) is 4. The lowest BCUT2D eigenvalue weighted by molar-refractivity contribution is -0.127. The van der Waals surface area contributed by atoms with Crippen LogP contribution in [0.5, 0.6) is 0 Å². The highest BCUT2D eigenvalue weighted by atomic mass is 32.1. The first-order chi connectivity index (χ1) is 15.7. The molecule has 1 saturated heterocycles. The van der Waals surface area contributed by atoms with Gasteiger partial charge in [-0.15, -0.1) is 0 Å². The van der Waals surface area contributed by atoms with Gasteiger partial charge < -0.3 is 4.90 Å². The molecule has 1 amide bonds. The van der Waals surface area contributed by atoms with Gasteiger partial charge in [0, 0.05) is 37.8 Å². The van der Waals surface area contributed by atoms with E-state index in [1.807, 2.05) is 59.5 Å². The van der Waals surface area contributed by atoms with Gasteiger partial charge in [0.1, 0.15) is 0 Å². The second-order valence-corrected chi connectivity index (χ2v) is 8.75. The van der Waals surface area contributed by atoms with Crippen molar-refractivity contribution in [2.45, 2.75) is 19.3 Å². The molecule has 0 saturated carbocycles. The topological polar surface area (TPSA) is 83.3 Å². The number of rotatable bonds is 7. The number of aromatic amines is 1. The highest BCUT2D eigenvalue weighted by Gasteiger charge is 2.19. The fourth-order valence-corrected chi connectivity index (χ4v) is 4.86. The third kappa shape index (κ3) is 4.01. The van der Waals surface area contributed by atoms with Crippen LogP contribution in [-0.2, 0) is 4.79 Å². The van der Waals surface area contributed by atoms with Gasteiger partial charge in [-0.05, 0) is 25.0 Å². The van der Waals surface area contributed by atoms with Crippen LogP contribution in [0.25, 0.3) is 26.6 Å². The van der Waals surface area contributed by atoms with Crippen LogP contribution in [0.3, 0.4) is 0 Å². The van der Waals surface area contributed by atoms with Crippen molar-refractivity contribution in [3.8, 4) is 16.4 Å². The maximum Gasteiger partial charge on any atom is 0.282 e. The maximum atomic E-state index is 13.3. The molecule has 0 atom stereocenters. The molecular weight excluding hydrogens is 422 g/mol. The summed E-state index contributed by atoms with van der Waals surface area (Å²) < 4.78 is 2.52. The van der Waals surface area contributed by atoms with E-state index in [0.29, 0.717) is 35.9 Å². The minimum atomic E-state index is -0.179. The quantitative estimate of drug-likeness (QED) is 0.346. The number of nitrogens with one attached hydrogen (secondary N) is 1. The average molecular weight is 446 g/mol. The summed E-state index contributed by atoms with van der Waals surface area (Å²) in [7, 11) is 0. The fourth-order valence-electron chi connectivity index (χ4n) is 3.93. The molecule has 162 valence electrons. The van der Waals surface area contributed by atoms with E-state index in [-0.39, 0.29) is 11.5 Å². The van der Waals surface area contributed by atoms with E-state index in [1.54, 1.807) is 6.21 Å². The predicted octanol–water partition coefficient (Wildman–Crippen LogP) is 3.87. The first-order valence-corrected chi connectivity index (χ1v) is 11.6. The molecule has 1 aliphatic heterocycles. The van der Waals surface area contributed by atoms with Crippen molar-refractivity contribution >= 4 is 33.7 Å². The zero-order valence-electron chi connectivity index (χ0n) is 17.5. The van der Waals surface area contributed by atoms with Gasteiger partial charge in [-0.1, -0.05) is 53.8 Å². The Balaban J connectivity index is 1.44. The van der Waals surface area contributed by atoms with Crippen LogP contribution < -0.4 is 5.56 Å². The van der Waals surface area contributed by atoms with Gasteiger partial charge in [0.25, 0.3) is 5.56 Å². The van der Waals surface area contributed by atoms with E-state index < -0.39 is 0 Å². The largest absolute Gasteiger partial charge is 0.343 e. The second kappa shape index (κ2) is 8.92. The van der Waals surface area contributed by atoms with E-state index in [4.69, 9.17) is 0 Å². The van der Waals surface area contributed by atoms with E-state index in [9.17, 15) is 9.59 Å². The number of hydrogen-bond acceptors (Lipinski definition) is 5. The summed E-state index contributed by atoms with van der Waals surface area (Å²) in [5.41, 5.74) is 2.82. The monoisotopic (exact) mass is 445 g/mol. The minimum absolute atomic E-state index is 0.179. The number of aromatic nitrogens is 3. The van der Waals surface area contributed by atoms with Gasteiger partial charge in [-0.3, -0.25) is 19.7 Å². The smallest absolute Gasteiger partial charge is 0.282 e. The fraction of sp³-hybridized carbons (Fsp3) is 0.250. The lowest BCUT2D eigenvalue weighted by Crippen LogP contribution is -2.26. The Morgan fingerprint density at radius 2 is 1.91 bits per heavy atom. The van der Waals surface area contributed by atoms with Crippen molar-refractivity contribution in [2.75, 3.05) is 19.6 Å². The summed E-state index contributed by atoms with van der Waals surface area (Å²) in [6, 6.07) is 17.6. The summed E-state index contributed by atoms with van der Waals surface area (Å²) in [6.45, 7) is 2.11. The molecule has 1 aliphatic rings. The van der Waals surface area contributed by atoms with E-state index >= 15 is 0 Å². The molecule has 1 fully saturated rings. The molecule has 0 radical (unpaired) electrons. The molecule has 32 heavy (non-hydrogen) atoms. The molecule has 5 rings (SSSR count). The van der Waals surface area contributed by atoms with Crippen LogP contribution in [0.4, 0.5) is 0 Å². The molecule has 0 bridgehead atoms. The number of fused-ring (bicyclic) bond motifs is 1. The van der Waals surface area contributed by atoms with Gasteiger partial charge in [-0.2, -0.15) is 4.68 Å². The number of carbonyl (C=O) groups is 1. The first kappa shape index (κ1) is 20.4. The number of para-hydroxylation sites is 1. The maximum absolute atomic E-state index is 13.3. The van der Waals surface area contributed by atoms with Crippen LogP contribution in [0.15, 0.2) is 64.4 Å². The number of aliphatic imine (C=N–C) groups is 1. The van der Waals surface area contributed by atoms with Crippen molar-refractivity contribution in [3.63, 3.8) is 0 Å². The zero-order valence-corrected chi connectivity index (χ0v) is 18.3. The van der Waals surface area contributed by atoms with Crippen molar-refractivity contribution in [3.05, 3.63) is 70.5 Å². The summed E-state index contributed by atoms with van der Waals surface area (Å²) >= 11 is 1.47. The van der Waals surface area contributed by atoms with Gasteiger partial charge in [0.2, 0.25) is 11.0 Å². The van der Waals surface area contributed by atoms with Crippen molar-refractivity contribution in [1.82, 2.24) is 19.7 Å². The Morgan fingerprint density at radius 1 is 1.09 bits per heavy atom. The predicted molar refractivity (Wildman–Crippen MR) is 128 cm³/mol. The summed E-state index contributed by atoms with van der Waals surface area (Å²) in [5, 5.41) is 3.84. The van der Waals surface area contributed by atoms with Gasteiger partial charge in [0.05, 0.1) is 21.5 Å². The zero-order chi connectivity index (χ0) is 21.9. The van der Waals surface area contributed by atoms with Crippen LogP contribution in [0.1, 0.15) is 24.8 Å². The Bertz CT molecular complexity index is 1300. The number of H-pyrrole nitrogens is 1. The van der Waals surface area contributed by atoms with Crippen molar-refractivity contribution in [1.29, 1.82) is 0 Å². The molecular formula is C24H23N5O2S. The number of hydrogen-bond donors (Lipinski definition) is 1. The molecule has 0 spiro atoms. The number of amides is 1. The Labute approximate surface area is 189 Å². The van der Waals surface area contributed by atoms with Gasteiger partial charge in [0.15, 0.2) is 0 Å².